The summed E-state index contributed by atoms with van der Waals surface area (Å²) in [5.41, 5.74) is 1.39. The average molecular weight is 441 g/mol. The van der Waals surface area contributed by atoms with Crippen LogP contribution in [0.1, 0.15) is 0 Å². The molecule has 0 N–H and O–H groups in total. The molecule has 0 aliphatic carbocycles. The molecule has 1 aromatic heterocycles. The van der Waals surface area contributed by atoms with E-state index in [9.17, 15) is 10.1 Å². The van der Waals surface area contributed by atoms with Crippen LogP contribution in [-0.4, -0.2) is 9.91 Å². The molecule has 101 valence electrons. The zero-order valence-electron chi connectivity index (χ0n) is 10.2. The summed E-state index contributed by atoms with van der Waals surface area (Å²) in [6.07, 6.45) is 1.70. The number of benzene rings is 2. The van der Waals surface area contributed by atoms with Crippen LogP contribution in [0.15, 0.2) is 54.7 Å². The van der Waals surface area contributed by atoms with Crippen LogP contribution in [0.5, 0.6) is 0 Å². The molecule has 5 heteroatoms. The van der Waals surface area contributed by atoms with Gasteiger partial charge < -0.3 is 4.98 Å². The number of aromatic nitrogens is 1. The number of nitrogens with zero attached hydrogens (tertiary/aromatic N) is 2. The van der Waals surface area contributed by atoms with E-state index in [2.05, 4.69) is 11.1 Å². The van der Waals surface area contributed by atoms with Gasteiger partial charge in [0.15, 0.2) is 5.69 Å². The SMILES string of the molecule is O=[N+]([O-])c1cc[c-]c(-c2nccc3ccccc23)c1.[Ir]. The molecule has 0 unspecified atom stereocenters. The number of non-ortho nitro benzene ring substituents is 1. The molecule has 0 saturated heterocycles. The molecule has 0 aliphatic heterocycles. The molecule has 0 aliphatic rings. The standard InChI is InChI=1S/C15H9N2O2.Ir/c18-17(19)13-6-3-5-12(10-13)15-14-7-2-1-4-11(14)8-9-16-15;/h1-4,6-10H;/q-1;. The van der Waals surface area contributed by atoms with Crippen molar-refractivity contribution in [1.29, 1.82) is 0 Å². The van der Waals surface area contributed by atoms with Gasteiger partial charge in [-0.15, -0.1) is 17.7 Å². The second kappa shape index (κ2) is 5.90. The topological polar surface area (TPSA) is 56.0 Å². The quantitative estimate of drug-likeness (QED) is 0.347. The molecule has 20 heavy (non-hydrogen) atoms. The van der Waals surface area contributed by atoms with Gasteiger partial charge in [0.05, 0.1) is 0 Å². The predicted molar refractivity (Wildman–Crippen MR) is 72.7 cm³/mol. The Bertz CT molecular complexity index is 769. The molecule has 1 radical (unpaired) electrons. The third-order valence-corrected chi connectivity index (χ3v) is 2.92. The van der Waals surface area contributed by atoms with Crippen molar-refractivity contribution in [1.82, 2.24) is 4.98 Å². The molecular weight excluding hydrogens is 432 g/mol. The van der Waals surface area contributed by atoms with E-state index >= 15 is 0 Å². The maximum absolute atomic E-state index is 10.8. The van der Waals surface area contributed by atoms with Gasteiger partial charge in [0.2, 0.25) is 0 Å². The van der Waals surface area contributed by atoms with Gasteiger partial charge in [0.1, 0.15) is 0 Å². The monoisotopic (exact) mass is 442 g/mol. The molecular formula is C15H9IrN2O2-. The van der Waals surface area contributed by atoms with Crippen LogP contribution in [0.3, 0.4) is 0 Å². The Morgan fingerprint density at radius 2 is 1.95 bits per heavy atom. The minimum atomic E-state index is -0.414. The minimum absolute atomic E-state index is 0. The Balaban J connectivity index is 0.00000147. The van der Waals surface area contributed by atoms with Crippen molar-refractivity contribution in [3.8, 4) is 11.3 Å². The smallest absolute Gasteiger partial charge is 0.192 e. The summed E-state index contributed by atoms with van der Waals surface area (Å²) in [7, 11) is 0. The van der Waals surface area contributed by atoms with Crippen LogP contribution in [-0.2, 0) is 20.1 Å². The number of fused-ring (bicyclic) bond motifs is 1. The van der Waals surface area contributed by atoms with E-state index in [0.29, 0.717) is 11.3 Å². The maximum Gasteiger partial charge on any atom is 0.192 e. The third kappa shape index (κ3) is 2.59. The summed E-state index contributed by atoms with van der Waals surface area (Å²) in [6, 6.07) is 17.2. The van der Waals surface area contributed by atoms with Crippen molar-refractivity contribution in [3.63, 3.8) is 0 Å². The van der Waals surface area contributed by atoms with Crippen molar-refractivity contribution in [3.05, 3.63) is 70.9 Å². The largest absolute Gasteiger partial charge is 0.304 e. The molecule has 2 aromatic carbocycles. The molecule has 4 nitrogen and oxygen atoms in total. The molecule has 3 aromatic rings. The van der Waals surface area contributed by atoms with Gasteiger partial charge in [-0.25, -0.2) is 0 Å². The van der Waals surface area contributed by atoms with Crippen LogP contribution in [0, 0.1) is 16.2 Å². The van der Waals surface area contributed by atoms with Gasteiger partial charge in [-0.05, 0) is 22.5 Å². The normalized spacial score (nSPS) is 10.0. The van der Waals surface area contributed by atoms with E-state index in [4.69, 9.17) is 0 Å². The zero-order chi connectivity index (χ0) is 13.2. The molecule has 3 rings (SSSR count). The summed E-state index contributed by atoms with van der Waals surface area (Å²) in [5, 5.41) is 12.8. The predicted octanol–water partition coefficient (Wildman–Crippen LogP) is 3.61. The van der Waals surface area contributed by atoms with Crippen molar-refractivity contribution in [2.24, 2.45) is 0 Å². The summed E-state index contributed by atoms with van der Waals surface area (Å²) in [5.74, 6) is 0. The van der Waals surface area contributed by atoms with Crippen LogP contribution in [0.25, 0.3) is 22.0 Å². The third-order valence-electron chi connectivity index (χ3n) is 2.92. The number of nitro benzene ring substituents is 1. The fourth-order valence-electron chi connectivity index (χ4n) is 2.04. The van der Waals surface area contributed by atoms with Gasteiger partial charge >= 0.3 is 0 Å². The van der Waals surface area contributed by atoms with Crippen LogP contribution in [0.2, 0.25) is 0 Å². The fraction of sp³-hybridized carbons (Fsp3) is 0. The molecule has 0 atom stereocenters. The molecule has 0 spiro atoms. The van der Waals surface area contributed by atoms with Crippen molar-refractivity contribution < 1.29 is 25.0 Å². The molecule has 0 saturated carbocycles. The first-order chi connectivity index (χ1) is 9.25. The van der Waals surface area contributed by atoms with Crippen LogP contribution < -0.4 is 0 Å². The second-order valence-electron chi connectivity index (χ2n) is 4.10. The Labute approximate surface area is 129 Å². The Morgan fingerprint density at radius 3 is 2.75 bits per heavy atom. The van der Waals surface area contributed by atoms with Crippen molar-refractivity contribution in [2.45, 2.75) is 0 Å². The molecule has 0 amide bonds. The van der Waals surface area contributed by atoms with Crippen LogP contribution >= 0.6 is 0 Å². The van der Waals surface area contributed by atoms with Gasteiger partial charge in [-0.2, -0.15) is 0 Å². The van der Waals surface area contributed by atoms with Crippen molar-refractivity contribution >= 4 is 16.5 Å². The van der Waals surface area contributed by atoms with Crippen LogP contribution in [0.4, 0.5) is 5.69 Å². The summed E-state index contributed by atoms with van der Waals surface area (Å²) < 4.78 is 0. The summed E-state index contributed by atoms with van der Waals surface area (Å²) in [4.78, 5) is 14.7. The number of pyridine rings is 1. The average Bonchev–Trinajstić information content (AvgIpc) is 2.47. The van der Waals surface area contributed by atoms with E-state index < -0.39 is 4.92 Å². The van der Waals surface area contributed by atoms with Gasteiger partial charge in [-0.1, -0.05) is 36.4 Å². The summed E-state index contributed by atoms with van der Waals surface area (Å²) in [6.45, 7) is 0. The fourth-order valence-corrected chi connectivity index (χ4v) is 2.04. The van der Waals surface area contributed by atoms with E-state index in [-0.39, 0.29) is 25.8 Å². The number of nitro groups is 1. The van der Waals surface area contributed by atoms with Crippen molar-refractivity contribution in [2.75, 3.05) is 0 Å². The summed E-state index contributed by atoms with van der Waals surface area (Å²) >= 11 is 0. The first-order valence-corrected chi connectivity index (χ1v) is 5.76. The van der Waals surface area contributed by atoms with E-state index in [0.717, 1.165) is 10.8 Å². The molecule has 0 fully saturated rings. The first-order valence-electron chi connectivity index (χ1n) is 5.76. The Morgan fingerprint density at radius 1 is 1.15 bits per heavy atom. The number of rotatable bonds is 2. The molecule has 1 heterocycles. The Hall–Kier alpha value is -2.10. The van der Waals surface area contributed by atoms with Gasteiger partial charge in [0, 0.05) is 31.2 Å². The van der Waals surface area contributed by atoms with E-state index in [1.807, 2.05) is 30.3 Å². The van der Waals surface area contributed by atoms with Gasteiger partial charge in [0.25, 0.3) is 0 Å². The van der Waals surface area contributed by atoms with Gasteiger partial charge in [-0.3, -0.25) is 10.1 Å². The minimum Gasteiger partial charge on any atom is -0.304 e. The molecule has 0 bridgehead atoms. The Kier molecular flexibility index (Phi) is 4.22. The van der Waals surface area contributed by atoms with E-state index in [1.54, 1.807) is 12.3 Å². The van der Waals surface area contributed by atoms with E-state index in [1.165, 1.54) is 12.1 Å². The number of hydrogen-bond acceptors (Lipinski definition) is 3. The maximum atomic E-state index is 10.8. The first kappa shape index (κ1) is 14.3. The second-order valence-corrected chi connectivity index (χ2v) is 4.10. The zero-order valence-corrected chi connectivity index (χ0v) is 12.6. The number of hydrogen-bond donors (Lipinski definition) is 0.